The Balaban J connectivity index is 2.25. The SMILES string of the molecule is Cc1ccc(O)c(NC(=O)c2cc(S(=O)(=O)N(C)C)cs2)c1. The fraction of sp³-hybridized carbons (Fsp3) is 0.214. The molecule has 6 nitrogen and oxygen atoms in total. The summed E-state index contributed by atoms with van der Waals surface area (Å²) < 4.78 is 25.1. The Morgan fingerprint density at radius 1 is 1.27 bits per heavy atom. The number of carbonyl (C=O) groups is 1. The van der Waals surface area contributed by atoms with E-state index < -0.39 is 15.9 Å². The second-order valence-corrected chi connectivity index (χ2v) is 7.97. The van der Waals surface area contributed by atoms with Gasteiger partial charge in [0, 0.05) is 19.5 Å². The molecule has 2 rings (SSSR count). The summed E-state index contributed by atoms with van der Waals surface area (Å²) in [6.45, 7) is 1.84. The van der Waals surface area contributed by atoms with Gasteiger partial charge in [0.05, 0.1) is 15.5 Å². The molecule has 8 heteroatoms. The van der Waals surface area contributed by atoms with Crippen LogP contribution in [0.3, 0.4) is 0 Å². The Morgan fingerprint density at radius 3 is 2.59 bits per heavy atom. The molecule has 0 aliphatic carbocycles. The van der Waals surface area contributed by atoms with Gasteiger partial charge in [-0.1, -0.05) is 6.07 Å². The van der Waals surface area contributed by atoms with Crippen molar-refractivity contribution in [2.75, 3.05) is 19.4 Å². The maximum Gasteiger partial charge on any atom is 0.265 e. The Labute approximate surface area is 133 Å². The summed E-state index contributed by atoms with van der Waals surface area (Å²) in [6.07, 6.45) is 0. The molecule has 0 aliphatic rings. The van der Waals surface area contributed by atoms with Crippen molar-refractivity contribution >= 4 is 33.0 Å². The van der Waals surface area contributed by atoms with Crippen LogP contribution in [-0.4, -0.2) is 37.8 Å². The predicted octanol–water partition coefficient (Wildman–Crippen LogP) is 2.26. The number of hydrogen-bond donors (Lipinski definition) is 2. The number of carbonyl (C=O) groups excluding carboxylic acids is 1. The molecule has 0 saturated heterocycles. The Bertz CT molecular complexity index is 810. The number of nitrogens with one attached hydrogen (secondary N) is 1. The minimum absolute atomic E-state index is 0.0448. The summed E-state index contributed by atoms with van der Waals surface area (Å²) in [7, 11) is -0.707. The molecule has 0 fully saturated rings. The van der Waals surface area contributed by atoms with E-state index in [0.717, 1.165) is 21.2 Å². The fourth-order valence-electron chi connectivity index (χ4n) is 1.72. The van der Waals surface area contributed by atoms with Gasteiger partial charge < -0.3 is 10.4 Å². The predicted molar refractivity (Wildman–Crippen MR) is 86.0 cm³/mol. The molecule has 0 saturated carbocycles. The number of benzene rings is 1. The van der Waals surface area contributed by atoms with E-state index in [1.54, 1.807) is 12.1 Å². The Kier molecular flexibility index (Phi) is 4.55. The number of anilines is 1. The second kappa shape index (κ2) is 6.07. The van der Waals surface area contributed by atoms with Gasteiger partial charge in [0.15, 0.2) is 0 Å². The van der Waals surface area contributed by atoms with E-state index in [4.69, 9.17) is 0 Å². The minimum atomic E-state index is -3.56. The Morgan fingerprint density at radius 2 is 1.95 bits per heavy atom. The first-order valence-electron chi connectivity index (χ1n) is 6.34. The molecular weight excluding hydrogens is 324 g/mol. The van der Waals surface area contributed by atoms with Crippen molar-refractivity contribution in [3.05, 3.63) is 40.1 Å². The molecule has 0 atom stereocenters. The van der Waals surface area contributed by atoms with Crippen molar-refractivity contribution in [1.82, 2.24) is 4.31 Å². The van der Waals surface area contributed by atoms with Crippen LogP contribution in [0, 0.1) is 6.92 Å². The lowest BCUT2D eigenvalue weighted by molar-refractivity contribution is 0.103. The molecule has 2 N–H and O–H groups in total. The van der Waals surface area contributed by atoms with Crippen LogP contribution in [0.2, 0.25) is 0 Å². The quantitative estimate of drug-likeness (QED) is 0.836. The molecule has 0 radical (unpaired) electrons. The number of phenols is 1. The third-order valence-corrected chi connectivity index (χ3v) is 5.85. The molecule has 118 valence electrons. The van der Waals surface area contributed by atoms with Gasteiger partial charge in [-0.3, -0.25) is 4.79 Å². The summed E-state index contributed by atoms with van der Waals surface area (Å²) in [6, 6.07) is 6.17. The van der Waals surface area contributed by atoms with Crippen LogP contribution in [0.1, 0.15) is 15.2 Å². The molecule has 1 heterocycles. The number of aromatic hydroxyl groups is 1. The lowest BCUT2D eigenvalue weighted by Crippen LogP contribution is -2.21. The van der Waals surface area contributed by atoms with E-state index in [-0.39, 0.29) is 21.2 Å². The van der Waals surface area contributed by atoms with Gasteiger partial charge in [0.1, 0.15) is 5.75 Å². The van der Waals surface area contributed by atoms with Crippen LogP contribution >= 0.6 is 11.3 Å². The molecule has 0 spiro atoms. The van der Waals surface area contributed by atoms with Gasteiger partial charge >= 0.3 is 0 Å². The molecule has 2 aromatic rings. The van der Waals surface area contributed by atoms with Crippen molar-refractivity contribution in [3.63, 3.8) is 0 Å². The smallest absolute Gasteiger partial charge is 0.265 e. The average Bonchev–Trinajstić information content (AvgIpc) is 2.93. The monoisotopic (exact) mass is 340 g/mol. The summed E-state index contributed by atoms with van der Waals surface area (Å²) >= 11 is 1.03. The Hall–Kier alpha value is -1.90. The first-order chi connectivity index (χ1) is 10.2. The normalized spacial score (nSPS) is 11.6. The lowest BCUT2D eigenvalue weighted by atomic mass is 10.2. The average molecular weight is 340 g/mol. The molecule has 0 bridgehead atoms. The van der Waals surface area contributed by atoms with E-state index in [1.165, 1.54) is 31.6 Å². The van der Waals surface area contributed by atoms with E-state index in [0.29, 0.717) is 0 Å². The van der Waals surface area contributed by atoms with Gasteiger partial charge in [-0.25, -0.2) is 12.7 Å². The highest BCUT2D eigenvalue weighted by atomic mass is 32.2. The van der Waals surface area contributed by atoms with E-state index in [2.05, 4.69) is 5.32 Å². The molecule has 0 aliphatic heterocycles. The number of amides is 1. The summed E-state index contributed by atoms with van der Waals surface area (Å²) in [5, 5.41) is 13.7. The zero-order valence-electron chi connectivity index (χ0n) is 12.3. The topological polar surface area (TPSA) is 86.7 Å². The van der Waals surface area contributed by atoms with Crippen LogP contribution in [-0.2, 0) is 10.0 Å². The molecule has 22 heavy (non-hydrogen) atoms. The first-order valence-corrected chi connectivity index (χ1v) is 8.66. The van der Waals surface area contributed by atoms with Gasteiger partial charge in [-0.15, -0.1) is 11.3 Å². The van der Waals surface area contributed by atoms with Crippen LogP contribution in [0.15, 0.2) is 34.5 Å². The van der Waals surface area contributed by atoms with Crippen molar-refractivity contribution in [2.45, 2.75) is 11.8 Å². The highest BCUT2D eigenvalue weighted by Crippen LogP contribution is 2.26. The van der Waals surface area contributed by atoms with Gasteiger partial charge in [0.2, 0.25) is 10.0 Å². The lowest BCUT2D eigenvalue weighted by Gasteiger charge is -2.09. The second-order valence-electron chi connectivity index (χ2n) is 4.91. The van der Waals surface area contributed by atoms with Crippen LogP contribution < -0.4 is 5.32 Å². The third-order valence-electron chi connectivity index (χ3n) is 2.98. The highest BCUT2D eigenvalue weighted by Gasteiger charge is 2.21. The number of thiophene rings is 1. The van der Waals surface area contributed by atoms with E-state index >= 15 is 0 Å². The maximum atomic E-state index is 12.2. The number of rotatable bonds is 4. The molecule has 0 unspecified atom stereocenters. The largest absolute Gasteiger partial charge is 0.506 e. The third kappa shape index (κ3) is 3.29. The van der Waals surface area contributed by atoms with Crippen molar-refractivity contribution < 1.29 is 18.3 Å². The minimum Gasteiger partial charge on any atom is -0.506 e. The molecule has 1 amide bonds. The fourth-order valence-corrected chi connectivity index (χ4v) is 3.78. The van der Waals surface area contributed by atoms with Crippen molar-refractivity contribution in [3.8, 4) is 5.75 Å². The summed E-state index contributed by atoms with van der Waals surface area (Å²) in [4.78, 5) is 12.5. The van der Waals surface area contributed by atoms with Crippen molar-refractivity contribution in [1.29, 1.82) is 0 Å². The standard InChI is InChI=1S/C14H16N2O4S2/c1-9-4-5-12(17)11(6-9)15-14(18)13-7-10(8-21-13)22(19,20)16(2)3/h4-8,17H,1-3H3,(H,15,18). The number of phenolic OH excluding ortho intramolecular Hbond substituents is 1. The van der Waals surface area contributed by atoms with E-state index in [1.807, 2.05) is 6.92 Å². The highest BCUT2D eigenvalue weighted by molar-refractivity contribution is 7.89. The van der Waals surface area contributed by atoms with Crippen LogP contribution in [0.25, 0.3) is 0 Å². The zero-order chi connectivity index (χ0) is 16.5. The van der Waals surface area contributed by atoms with Crippen LogP contribution in [0.4, 0.5) is 5.69 Å². The zero-order valence-corrected chi connectivity index (χ0v) is 14.0. The summed E-state index contributed by atoms with van der Waals surface area (Å²) in [5.74, 6) is -0.511. The molecular formula is C14H16N2O4S2. The molecule has 1 aromatic carbocycles. The van der Waals surface area contributed by atoms with Crippen LogP contribution in [0.5, 0.6) is 5.75 Å². The molecule has 1 aromatic heterocycles. The number of nitrogens with zero attached hydrogens (tertiary/aromatic N) is 1. The van der Waals surface area contributed by atoms with Gasteiger partial charge in [0.25, 0.3) is 5.91 Å². The number of sulfonamides is 1. The van der Waals surface area contributed by atoms with Gasteiger partial charge in [-0.2, -0.15) is 0 Å². The maximum absolute atomic E-state index is 12.2. The number of hydrogen-bond acceptors (Lipinski definition) is 5. The summed E-state index contributed by atoms with van der Waals surface area (Å²) in [5.41, 5.74) is 1.17. The number of aryl methyl sites for hydroxylation is 1. The van der Waals surface area contributed by atoms with E-state index in [9.17, 15) is 18.3 Å². The van der Waals surface area contributed by atoms with Crippen molar-refractivity contribution in [2.24, 2.45) is 0 Å². The van der Waals surface area contributed by atoms with Gasteiger partial charge in [-0.05, 0) is 30.7 Å². The first kappa shape index (κ1) is 16.5.